The molecule has 0 aliphatic carbocycles. The average molecular weight is 386 g/mol. The van der Waals surface area contributed by atoms with Crippen molar-refractivity contribution in [2.75, 3.05) is 0 Å². The molecule has 2 heterocycles. The van der Waals surface area contributed by atoms with E-state index in [-0.39, 0.29) is 11.7 Å². The lowest BCUT2D eigenvalue weighted by Crippen LogP contribution is -2.17. The van der Waals surface area contributed by atoms with E-state index in [2.05, 4.69) is 9.97 Å². The molecule has 2 aromatic heterocycles. The summed E-state index contributed by atoms with van der Waals surface area (Å²) in [7, 11) is 0. The van der Waals surface area contributed by atoms with E-state index in [1.807, 2.05) is 27.7 Å². The fourth-order valence-electron chi connectivity index (χ4n) is 2.69. The molecule has 0 amide bonds. The molecule has 0 aliphatic heterocycles. The van der Waals surface area contributed by atoms with Crippen molar-refractivity contribution in [2.45, 2.75) is 46.8 Å². The van der Waals surface area contributed by atoms with Crippen molar-refractivity contribution in [1.82, 2.24) is 9.97 Å². The summed E-state index contributed by atoms with van der Waals surface area (Å²) >= 11 is 1.46. The van der Waals surface area contributed by atoms with E-state index in [0.29, 0.717) is 27.4 Å². The van der Waals surface area contributed by atoms with Crippen molar-refractivity contribution in [1.29, 1.82) is 0 Å². The average Bonchev–Trinajstić information content (AvgIpc) is 2.89. The Morgan fingerprint density at radius 2 is 1.81 bits per heavy atom. The minimum atomic E-state index is -0.677. The number of nitrogens with zero attached hydrogens (tertiary/aromatic N) is 1. The number of hydrogen-bond donors (Lipinski definition) is 1. The molecule has 0 saturated heterocycles. The Hall–Kier alpha value is -2.67. The first-order chi connectivity index (χ1) is 12.8. The van der Waals surface area contributed by atoms with Gasteiger partial charge in [-0.1, -0.05) is 0 Å². The van der Waals surface area contributed by atoms with E-state index >= 15 is 0 Å². The van der Waals surface area contributed by atoms with Crippen molar-refractivity contribution < 1.29 is 14.3 Å². The van der Waals surface area contributed by atoms with Crippen LogP contribution in [0, 0.1) is 13.8 Å². The van der Waals surface area contributed by atoms with Crippen LogP contribution in [-0.4, -0.2) is 22.0 Å². The molecule has 0 bridgehead atoms. The predicted octanol–water partition coefficient (Wildman–Crippen LogP) is 4.31. The number of carbonyl (C=O) groups excluding carboxylic acids is 1. The van der Waals surface area contributed by atoms with Crippen molar-refractivity contribution in [2.24, 2.45) is 0 Å². The molecular weight excluding hydrogens is 364 g/mol. The summed E-state index contributed by atoms with van der Waals surface area (Å²) in [5.74, 6) is 0.538. The number of ether oxygens (including phenoxy) is 2. The van der Waals surface area contributed by atoms with Crippen LogP contribution >= 0.6 is 11.3 Å². The maximum Gasteiger partial charge on any atom is 0.338 e. The number of hydrogen-bond acceptors (Lipinski definition) is 6. The van der Waals surface area contributed by atoms with Crippen LogP contribution < -0.4 is 10.3 Å². The van der Waals surface area contributed by atoms with Gasteiger partial charge in [0.15, 0.2) is 11.9 Å². The lowest BCUT2D eigenvalue weighted by molar-refractivity contribution is 0.0320. The number of rotatable bonds is 5. The van der Waals surface area contributed by atoms with Crippen molar-refractivity contribution in [3.8, 4) is 5.75 Å². The monoisotopic (exact) mass is 386 g/mol. The maximum absolute atomic E-state index is 12.4. The topological polar surface area (TPSA) is 81.3 Å². The van der Waals surface area contributed by atoms with Crippen molar-refractivity contribution in [3.63, 3.8) is 0 Å². The SMILES string of the molecule is Cc1sc2nc([C@H](C)OC(=O)c3ccc(OC(C)C)cc3)[nH]c(=O)c2c1C. The lowest BCUT2D eigenvalue weighted by Gasteiger charge is -2.13. The molecule has 7 heteroatoms. The van der Waals surface area contributed by atoms with Gasteiger partial charge >= 0.3 is 5.97 Å². The van der Waals surface area contributed by atoms with Crippen LogP contribution in [0.2, 0.25) is 0 Å². The molecule has 0 radical (unpaired) electrons. The molecule has 3 rings (SSSR count). The number of aromatic amines is 1. The second-order valence-corrected chi connectivity index (χ2v) is 7.86. The first-order valence-electron chi connectivity index (χ1n) is 8.74. The third kappa shape index (κ3) is 4.03. The summed E-state index contributed by atoms with van der Waals surface area (Å²) < 4.78 is 11.0. The minimum absolute atomic E-state index is 0.0603. The van der Waals surface area contributed by atoms with Crippen LogP contribution in [-0.2, 0) is 4.74 Å². The number of aryl methyl sites for hydroxylation is 2. The summed E-state index contributed by atoms with van der Waals surface area (Å²) in [6, 6.07) is 6.76. The Morgan fingerprint density at radius 1 is 1.15 bits per heavy atom. The normalized spacial score (nSPS) is 12.4. The van der Waals surface area contributed by atoms with Crippen LogP contribution in [0.15, 0.2) is 29.1 Å². The lowest BCUT2D eigenvalue weighted by atomic mass is 10.2. The van der Waals surface area contributed by atoms with Crippen LogP contribution in [0.5, 0.6) is 5.75 Å². The highest BCUT2D eigenvalue weighted by atomic mass is 32.1. The van der Waals surface area contributed by atoms with Gasteiger partial charge in [0, 0.05) is 4.88 Å². The quantitative estimate of drug-likeness (QED) is 0.661. The molecule has 142 valence electrons. The number of benzene rings is 1. The highest BCUT2D eigenvalue weighted by Crippen LogP contribution is 2.27. The number of thiophene rings is 1. The van der Waals surface area contributed by atoms with Crippen LogP contribution in [0.4, 0.5) is 0 Å². The number of aromatic nitrogens is 2. The summed E-state index contributed by atoms with van der Waals surface area (Å²) in [6.45, 7) is 9.42. The standard InChI is InChI=1S/C20H22N2O4S/c1-10(2)25-15-8-6-14(7-9-15)20(24)26-12(4)17-21-18(23)16-11(3)13(5)27-19(16)22-17/h6-10,12H,1-5H3,(H,21,22,23)/t12-/m0/s1. The third-order valence-electron chi connectivity index (χ3n) is 4.19. The smallest absolute Gasteiger partial charge is 0.338 e. The van der Waals surface area contributed by atoms with Gasteiger partial charge < -0.3 is 14.5 Å². The summed E-state index contributed by atoms with van der Waals surface area (Å²) in [5, 5.41) is 0.598. The maximum atomic E-state index is 12.4. The number of fused-ring (bicyclic) bond motifs is 1. The molecule has 0 spiro atoms. The van der Waals surface area contributed by atoms with E-state index in [1.165, 1.54) is 11.3 Å². The Labute approximate surface area is 161 Å². The fraction of sp³-hybridized carbons (Fsp3) is 0.350. The summed E-state index contributed by atoms with van der Waals surface area (Å²) in [6.07, 6.45) is -0.617. The van der Waals surface area contributed by atoms with Gasteiger partial charge in [0.1, 0.15) is 10.6 Å². The minimum Gasteiger partial charge on any atom is -0.491 e. The molecule has 1 aromatic carbocycles. The summed E-state index contributed by atoms with van der Waals surface area (Å²) in [4.78, 5) is 33.7. The van der Waals surface area contributed by atoms with E-state index in [1.54, 1.807) is 31.2 Å². The van der Waals surface area contributed by atoms with Gasteiger partial charge in [0.2, 0.25) is 0 Å². The van der Waals surface area contributed by atoms with E-state index < -0.39 is 12.1 Å². The van der Waals surface area contributed by atoms with Gasteiger partial charge in [-0.2, -0.15) is 0 Å². The van der Waals surface area contributed by atoms with Crippen LogP contribution in [0.1, 0.15) is 53.5 Å². The fourth-order valence-corrected chi connectivity index (χ4v) is 3.73. The number of nitrogens with one attached hydrogen (secondary N) is 1. The number of carbonyl (C=O) groups is 1. The van der Waals surface area contributed by atoms with Gasteiger partial charge in [-0.3, -0.25) is 4.79 Å². The molecule has 3 aromatic rings. The second kappa shape index (κ2) is 7.52. The Morgan fingerprint density at radius 3 is 2.44 bits per heavy atom. The van der Waals surface area contributed by atoms with Gasteiger partial charge in [0.05, 0.1) is 17.1 Å². The molecule has 27 heavy (non-hydrogen) atoms. The Balaban J connectivity index is 1.78. The van der Waals surface area contributed by atoms with E-state index in [0.717, 1.165) is 10.4 Å². The zero-order valence-electron chi connectivity index (χ0n) is 16.0. The number of esters is 1. The van der Waals surface area contributed by atoms with Crippen LogP contribution in [0.3, 0.4) is 0 Å². The summed E-state index contributed by atoms with van der Waals surface area (Å²) in [5.41, 5.74) is 1.13. The zero-order chi connectivity index (χ0) is 19.7. The molecule has 6 nitrogen and oxygen atoms in total. The highest BCUT2D eigenvalue weighted by Gasteiger charge is 2.19. The van der Waals surface area contributed by atoms with Gasteiger partial charge in [0.25, 0.3) is 5.56 Å². The molecule has 0 unspecified atom stereocenters. The molecule has 0 aliphatic rings. The zero-order valence-corrected chi connectivity index (χ0v) is 16.8. The largest absolute Gasteiger partial charge is 0.491 e. The van der Waals surface area contributed by atoms with Crippen molar-refractivity contribution >= 4 is 27.5 Å². The Bertz CT molecular complexity index is 1030. The second-order valence-electron chi connectivity index (χ2n) is 6.65. The highest BCUT2D eigenvalue weighted by molar-refractivity contribution is 7.18. The predicted molar refractivity (Wildman–Crippen MR) is 106 cm³/mol. The molecule has 0 fully saturated rings. The van der Waals surface area contributed by atoms with E-state index in [9.17, 15) is 9.59 Å². The first kappa shape index (κ1) is 19.1. The van der Waals surface area contributed by atoms with Gasteiger partial charge in [-0.25, -0.2) is 9.78 Å². The number of H-pyrrole nitrogens is 1. The van der Waals surface area contributed by atoms with Gasteiger partial charge in [-0.15, -0.1) is 11.3 Å². The molecule has 0 saturated carbocycles. The van der Waals surface area contributed by atoms with Crippen molar-refractivity contribution in [3.05, 3.63) is 56.4 Å². The molecule has 1 N–H and O–H groups in total. The molecule has 1 atom stereocenters. The Kier molecular flexibility index (Phi) is 5.32. The molecular formula is C20H22N2O4S. The third-order valence-corrected chi connectivity index (χ3v) is 5.29. The van der Waals surface area contributed by atoms with Crippen LogP contribution in [0.25, 0.3) is 10.2 Å². The first-order valence-corrected chi connectivity index (χ1v) is 9.55. The van der Waals surface area contributed by atoms with Gasteiger partial charge in [-0.05, 0) is 64.4 Å². The van der Waals surface area contributed by atoms with E-state index in [4.69, 9.17) is 9.47 Å².